The summed E-state index contributed by atoms with van der Waals surface area (Å²) in [5, 5.41) is 12.3. The smallest absolute Gasteiger partial charge is 0.273 e. The number of ether oxygens (including phenoxy) is 1. The first-order valence-electron chi connectivity index (χ1n) is 18.3. The van der Waals surface area contributed by atoms with Gasteiger partial charge in [0.2, 0.25) is 5.91 Å². The number of pyridine rings is 1. The van der Waals surface area contributed by atoms with Gasteiger partial charge in [-0.15, -0.1) is 6.42 Å². The highest BCUT2D eigenvalue weighted by Crippen LogP contribution is 2.64. The number of benzene rings is 2. The van der Waals surface area contributed by atoms with E-state index in [1.807, 2.05) is 35.2 Å². The molecule has 0 radical (unpaired) electrons. The molecule has 8 rings (SSSR count). The Kier molecular flexibility index (Phi) is 8.14. The number of likely N-dealkylation sites (tertiary alicyclic amines) is 1. The van der Waals surface area contributed by atoms with Crippen LogP contribution in [0.5, 0.6) is 5.75 Å². The van der Waals surface area contributed by atoms with Crippen molar-refractivity contribution < 1.29 is 24.2 Å². The molecule has 3 aromatic rings. The number of methoxy groups -OCH3 is 1. The molecule has 0 unspecified atom stereocenters. The topological polar surface area (TPSA) is 103 Å². The minimum Gasteiger partial charge on any atom is -0.496 e. The molecule has 3 aliphatic carbocycles. The SMILES string of the molecule is C#C[C@]1(O)CC[C@H]2[C@@H]3CCc4cc(OC)c(C(=O)N5CCN(C(=O)[C@@H]6CCCN6C(=O)c6ccc7ccccc7n6)CC5)cc4[C@H]3CC[C@@]21C. The number of para-hydroxylation sites is 1. The van der Waals surface area contributed by atoms with Crippen LogP contribution in [0.25, 0.3) is 10.9 Å². The lowest BCUT2D eigenvalue weighted by molar-refractivity contribution is -0.136. The molecule has 3 amide bonds. The van der Waals surface area contributed by atoms with E-state index in [9.17, 15) is 19.5 Å². The van der Waals surface area contributed by atoms with Crippen LogP contribution >= 0.6 is 0 Å². The Bertz CT molecular complexity index is 1910. The summed E-state index contributed by atoms with van der Waals surface area (Å²) in [6, 6.07) is 14.9. The van der Waals surface area contributed by atoms with Gasteiger partial charge in [0, 0.05) is 43.5 Å². The van der Waals surface area contributed by atoms with E-state index in [1.165, 1.54) is 11.1 Å². The molecule has 260 valence electrons. The minimum atomic E-state index is -1.05. The van der Waals surface area contributed by atoms with Gasteiger partial charge in [-0.25, -0.2) is 4.98 Å². The molecule has 3 heterocycles. The average Bonchev–Trinajstić information content (AvgIpc) is 3.75. The number of terminal acetylenes is 1. The fourth-order valence-electron chi connectivity index (χ4n) is 10.3. The van der Waals surface area contributed by atoms with Gasteiger partial charge in [-0.2, -0.15) is 0 Å². The third kappa shape index (κ3) is 5.09. The minimum absolute atomic E-state index is 0.0610. The van der Waals surface area contributed by atoms with Gasteiger partial charge < -0.3 is 24.5 Å². The second-order valence-electron chi connectivity index (χ2n) is 15.3. The summed E-state index contributed by atoms with van der Waals surface area (Å²) in [5.74, 6) is 4.10. The zero-order chi connectivity index (χ0) is 34.8. The highest BCUT2D eigenvalue weighted by molar-refractivity contribution is 5.99. The van der Waals surface area contributed by atoms with Crippen molar-refractivity contribution in [2.75, 3.05) is 39.8 Å². The van der Waals surface area contributed by atoms with Gasteiger partial charge in [0.1, 0.15) is 23.1 Å². The Morgan fingerprint density at radius 1 is 0.940 bits per heavy atom. The highest BCUT2D eigenvalue weighted by atomic mass is 16.5. The Balaban J connectivity index is 0.954. The van der Waals surface area contributed by atoms with Crippen molar-refractivity contribution in [3.05, 3.63) is 70.9 Å². The lowest BCUT2D eigenvalue weighted by Crippen LogP contribution is -2.55. The number of piperazine rings is 1. The molecule has 6 atom stereocenters. The Hall–Kier alpha value is -4.42. The molecule has 9 nitrogen and oxygen atoms in total. The molecule has 2 aliphatic heterocycles. The molecule has 2 aromatic carbocycles. The maximum absolute atomic E-state index is 14.1. The van der Waals surface area contributed by atoms with E-state index in [0.29, 0.717) is 80.3 Å². The molecule has 1 N–H and O–H groups in total. The van der Waals surface area contributed by atoms with Crippen LogP contribution in [0.15, 0.2) is 48.5 Å². The number of aromatic nitrogens is 1. The van der Waals surface area contributed by atoms with Crippen molar-refractivity contribution in [3.8, 4) is 18.1 Å². The van der Waals surface area contributed by atoms with Gasteiger partial charge in [-0.3, -0.25) is 14.4 Å². The Morgan fingerprint density at radius 3 is 2.50 bits per heavy atom. The highest BCUT2D eigenvalue weighted by Gasteiger charge is 2.61. The van der Waals surface area contributed by atoms with Crippen molar-refractivity contribution in [3.63, 3.8) is 0 Å². The molecule has 50 heavy (non-hydrogen) atoms. The fourth-order valence-corrected chi connectivity index (χ4v) is 10.3. The number of fused-ring (bicyclic) bond motifs is 6. The van der Waals surface area contributed by atoms with Gasteiger partial charge in [-0.05, 0) is 105 Å². The Morgan fingerprint density at radius 2 is 1.72 bits per heavy atom. The van der Waals surface area contributed by atoms with Gasteiger partial charge in [0.05, 0.1) is 18.2 Å². The molecule has 0 spiro atoms. The number of aryl methyl sites for hydroxylation is 1. The van der Waals surface area contributed by atoms with Crippen LogP contribution in [-0.2, 0) is 11.2 Å². The van der Waals surface area contributed by atoms with E-state index < -0.39 is 11.6 Å². The van der Waals surface area contributed by atoms with Gasteiger partial charge in [0.15, 0.2) is 0 Å². The maximum atomic E-state index is 14.1. The van der Waals surface area contributed by atoms with E-state index in [2.05, 4.69) is 30.0 Å². The van der Waals surface area contributed by atoms with Crippen LogP contribution in [0.2, 0.25) is 0 Å². The summed E-state index contributed by atoms with van der Waals surface area (Å²) in [6.07, 6.45) is 12.6. The maximum Gasteiger partial charge on any atom is 0.273 e. The zero-order valence-electron chi connectivity index (χ0n) is 29.1. The quantitative estimate of drug-likeness (QED) is 0.389. The van der Waals surface area contributed by atoms with Crippen LogP contribution < -0.4 is 4.74 Å². The van der Waals surface area contributed by atoms with E-state index in [-0.39, 0.29) is 23.1 Å². The van der Waals surface area contributed by atoms with Crippen LogP contribution in [-0.4, -0.2) is 94.0 Å². The van der Waals surface area contributed by atoms with Crippen LogP contribution in [0.1, 0.15) is 89.8 Å². The number of hydrogen-bond donors (Lipinski definition) is 1. The standard InChI is InChI=1S/C41H46N4O5/c1-4-41(49)18-16-32-29-13-11-27-24-36(50-3)31(25-30(27)28(29)15-17-40(32,41)2)37(46)43-20-22-44(23-21-43)39(48)35-10-7-19-45(35)38(47)34-14-12-26-8-5-6-9-33(26)42-34/h1,5-6,8-9,12,14,24-25,28-29,32,35,49H,7,10-11,13,15-23H2,2-3H3/t28-,29+,32-,35-,40-,41-/m0/s1. The fraction of sp³-hybridized carbons (Fsp3) is 0.512. The van der Waals surface area contributed by atoms with Crippen molar-refractivity contribution in [1.82, 2.24) is 19.7 Å². The number of rotatable bonds is 4. The molecule has 9 heteroatoms. The van der Waals surface area contributed by atoms with E-state index in [4.69, 9.17) is 11.2 Å². The molecular weight excluding hydrogens is 628 g/mol. The third-order valence-corrected chi connectivity index (χ3v) is 13.2. The summed E-state index contributed by atoms with van der Waals surface area (Å²) >= 11 is 0. The largest absolute Gasteiger partial charge is 0.496 e. The number of aliphatic hydroxyl groups is 1. The van der Waals surface area contributed by atoms with Crippen LogP contribution in [0.4, 0.5) is 0 Å². The number of amides is 3. The summed E-state index contributed by atoms with van der Waals surface area (Å²) < 4.78 is 5.80. The summed E-state index contributed by atoms with van der Waals surface area (Å²) in [5.41, 5.74) is 2.84. The molecule has 1 aromatic heterocycles. The van der Waals surface area contributed by atoms with Gasteiger partial charge in [-0.1, -0.05) is 37.1 Å². The molecule has 2 saturated carbocycles. The summed E-state index contributed by atoms with van der Waals surface area (Å²) in [6.45, 7) is 4.35. The third-order valence-electron chi connectivity index (χ3n) is 13.2. The van der Waals surface area contributed by atoms with E-state index in [0.717, 1.165) is 49.4 Å². The Labute approximate surface area is 294 Å². The van der Waals surface area contributed by atoms with Crippen molar-refractivity contribution in [2.45, 2.75) is 75.9 Å². The van der Waals surface area contributed by atoms with Crippen molar-refractivity contribution in [1.29, 1.82) is 0 Å². The predicted octanol–water partition coefficient (Wildman–Crippen LogP) is 5.05. The predicted molar refractivity (Wildman–Crippen MR) is 190 cm³/mol. The molecular formula is C41H46N4O5. The van der Waals surface area contributed by atoms with Crippen LogP contribution in [0.3, 0.4) is 0 Å². The summed E-state index contributed by atoms with van der Waals surface area (Å²) in [4.78, 5) is 51.4. The summed E-state index contributed by atoms with van der Waals surface area (Å²) in [7, 11) is 1.62. The first-order valence-corrected chi connectivity index (χ1v) is 18.3. The molecule has 2 saturated heterocycles. The van der Waals surface area contributed by atoms with Gasteiger partial charge >= 0.3 is 0 Å². The second kappa shape index (κ2) is 12.4. The lowest BCUT2D eigenvalue weighted by Gasteiger charge is -2.52. The second-order valence-corrected chi connectivity index (χ2v) is 15.3. The molecule has 5 aliphatic rings. The van der Waals surface area contributed by atoms with E-state index >= 15 is 0 Å². The average molecular weight is 675 g/mol. The zero-order valence-corrected chi connectivity index (χ0v) is 29.1. The number of nitrogens with zero attached hydrogens (tertiary/aromatic N) is 4. The monoisotopic (exact) mass is 674 g/mol. The first kappa shape index (κ1) is 32.8. The normalized spacial score (nSPS) is 30.3. The molecule has 4 fully saturated rings. The van der Waals surface area contributed by atoms with Crippen LogP contribution in [0, 0.1) is 29.6 Å². The number of hydrogen-bond acceptors (Lipinski definition) is 6. The first-order chi connectivity index (χ1) is 24.2. The van der Waals surface area contributed by atoms with E-state index in [1.54, 1.807) is 23.0 Å². The van der Waals surface area contributed by atoms with Crippen molar-refractivity contribution >= 4 is 28.6 Å². The van der Waals surface area contributed by atoms with Crippen molar-refractivity contribution in [2.24, 2.45) is 17.3 Å². The lowest BCUT2D eigenvalue weighted by atomic mass is 9.53. The number of carbonyl (C=O) groups excluding carboxylic acids is 3. The molecule has 0 bridgehead atoms. The van der Waals surface area contributed by atoms with Gasteiger partial charge in [0.25, 0.3) is 11.8 Å². The number of carbonyl (C=O) groups is 3.